The number of hydrogen-bond donors (Lipinski definition) is 3. The molecule has 0 bridgehead atoms. The molecule has 0 aliphatic carbocycles. The van der Waals surface area contributed by atoms with Gasteiger partial charge in [-0.1, -0.05) is 19.1 Å². The summed E-state index contributed by atoms with van der Waals surface area (Å²) in [5.41, 5.74) is 1.19. The van der Waals surface area contributed by atoms with Crippen molar-refractivity contribution in [1.29, 1.82) is 0 Å². The van der Waals surface area contributed by atoms with E-state index in [-0.39, 0.29) is 23.1 Å². The van der Waals surface area contributed by atoms with Crippen LogP contribution in [0.25, 0.3) is 0 Å². The van der Waals surface area contributed by atoms with E-state index in [2.05, 4.69) is 10.6 Å². The minimum atomic E-state index is -0.959. The molecule has 0 heterocycles. The van der Waals surface area contributed by atoms with Crippen molar-refractivity contribution in [2.75, 3.05) is 12.3 Å². The summed E-state index contributed by atoms with van der Waals surface area (Å²) >= 11 is 1.41. The zero-order valence-corrected chi connectivity index (χ0v) is 14.1. The summed E-state index contributed by atoms with van der Waals surface area (Å²) in [6.45, 7) is 4.21. The fraction of sp³-hybridized carbons (Fsp3) is 0.438. The molecule has 0 unspecified atom stereocenters. The van der Waals surface area contributed by atoms with E-state index in [1.54, 1.807) is 31.2 Å². The molecule has 1 rings (SSSR count). The molecular weight excluding hydrogens is 316 g/mol. The Morgan fingerprint density at radius 3 is 2.43 bits per heavy atom. The number of thioether (sulfide) groups is 1. The standard InChI is InChI=1S/C16H22N2O4S/c1-3-8-17-15(20)11(2)18-14(19)10-23-9-12-4-6-13(7-5-12)16(21)22/h4-7,11H,3,8-10H2,1-2H3,(H,17,20)(H,18,19)(H,21,22)/t11-/m1/s1. The van der Waals surface area contributed by atoms with Gasteiger partial charge in [0.05, 0.1) is 11.3 Å². The van der Waals surface area contributed by atoms with Gasteiger partial charge in [-0.3, -0.25) is 9.59 Å². The monoisotopic (exact) mass is 338 g/mol. The molecule has 126 valence electrons. The van der Waals surface area contributed by atoms with E-state index in [1.165, 1.54) is 11.8 Å². The lowest BCUT2D eigenvalue weighted by atomic mass is 10.1. The van der Waals surface area contributed by atoms with Gasteiger partial charge in [0.25, 0.3) is 0 Å². The predicted molar refractivity (Wildman–Crippen MR) is 90.5 cm³/mol. The zero-order valence-electron chi connectivity index (χ0n) is 13.3. The topological polar surface area (TPSA) is 95.5 Å². The van der Waals surface area contributed by atoms with Crippen LogP contribution in [0.2, 0.25) is 0 Å². The molecule has 0 saturated carbocycles. The zero-order chi connectivity index (χ0) is 17.2. The van der Waals surface area contributed by atoms with Crippen molar-refractivity contribution >= 4 is 29.5 Å². The third kappa shape index (κ3) is 7.19. The highest BCUT2D eigenvalue weighted by atomic mass is 32.2. The fourth-order valence-electron chi connectivity index (χ4n) is 1.76. The van der Waals surface area contributed by atoms with Crippen LogP contribution in [0, 0.1) is 0 Å². The van der Waals surface area contributed by atoms with E-state index >= 15 is 0 Å². The molecule has 1 atom stereocenters. The first kappa shape index (κ1) is 19.0. The van der Waals surface area contributed by atoms with Crippen molar-refractivity contribution in [3.8, 4) is 0 Å². The van der Waals surface area contributed by atoms with Gasteiger partial charge in [-0.25, -0.2) is 4.79 Å². The predicted octanol–water partition coefficient (Wildman–Crippen LogP) is 1.65. The van der Waals surface area contributed by atoms with Crippen molar-refractivity contribution < 1.29 is 19.5 Å². The Balaban J connectivity index is 2.30. The second-order valence-corrected chi connectivity index (χ2v) is 6.06. The van der Waals surface area contributed by atoms with Crippen LogP contribution in [0.3, 0.4) is 0 Å². The van der Waals surface area contributed by atoms with Crippen LogP contribution >= 0.6 is 11.8 Å². The number of hydrogen-bond acceptors (Lipinski definition) is 4. The first-order valence-electron chi connectivity index (χ1n) is 7.41. The average Bonchev–Trinajstić information content (AvgIpc) is 2.52. The highest BCUT2D eigenvalue weighted by Gasteiger charge is 2.14. The maximum Gasteiger partial charge on any atom is 0.335 e. The summed E-state index contributed by atoms with van der Waals surface area (Å²) in [4.78, 5) is 34.2. The maximum atomic E-state index is 11.8. The number of carbonyl (C=O) groups excluding carboxylic acids is 2. The van der Waals surface area contributed by atoms with E-state index in [9.17, 15) is 14.4 Å². The Kier molecular flexibility index (Phi) is 8.18. The van der Waals surface area contributed by atoms with Gasteiger partial charge in [-0.15, -0.1) is 11.8 Å². The first-order valence-corrected chi connectivity index (χ1v) is 8.56. The van der Waals surface area contributed by atoms with Crippen molar-refractivity contribution in [3.05, 3.63) is 35.4 Å². The number of carboxylic acids is 1. The summed E-state index contributed by atoms with van der Waals surface area (Å²) < 4.78 is 0. The van der Waals surface area contributed by atoms with E-state index in [0.29, 0.717) is 12.3 Å². The SMILES string of the molecule is CCCNC(=O)[C@@H](C)NC(=O)CSCc1ccc(C(=O)O)cc1. The molecule has 0 radical (unpaired) electrons. The number of aromatic carboxylic acids is 1. The number of amides is 2. The molecule has 0 aromatic heterocycles. The Hall–Kier alpha value is -2.02. The maximum absolute atomic E-state index is 11.8. The lowest BCUT2D eigenvalue weighted by Gasteiger charge is -2.13. The largest absolute Gasteiger partial charge is 0.478 e. The van der Waals surface area contributed by atoms with Gasteiger partial charge in [0, 0.05) is 12.3 Å². The quantitative estimate of drug-likeness (QED) is 0.636. The van der Waals surface area contributed by atoms with Gasteiger partial charge >= 0.3 is 5.97 Å². The number of benzene rings is 1. The molecule has 0 spiro atoms. The van der Waals surface area contributed by atoms with Crippen molar-refractivity contribution in [3.63, 3.8) is 0 Å². The Morgan fingerprint density at radius 2 is 1.87 bits per heavy atom. The van der Waals surface area contributed by atoms with Gasteiger partial charge in [0.2, 0.25) is 11.8 Å². The van der Waals surface area contributed by atoms with Crippen LogP contribution in [0.1, 0.15) is 36.2 Å². The average molecular weight is 338 g/mol. The smallest absolute Gasteiger partial charge is 0.335 e. The van der Waals surface area contributed by atoms with E-state index in [4.69, 9.17) is 5.11 Å². The second kappa shape index (κ2) is 9.89. The molecule has 0 saturated heterocycles. The molecule has 1 aromatic carbocycles. The number of carbonyl (C=O) groups is 3. The number of nitrogens with one attached hydrogen (secondary N) is 2. The normalized spacial score (nSPS) is 11.6. The minimum Gasteiger partial charge on any atom is -0.478 e. The van der Waals surface area contributed by atoms with Crippen LogP contribution in [-0.4, -0.2) is 41.2 Å². The molecular formula is C16H22N2O4S. The van der Waals surface area contributed by atoms with Gasteiger partial charge in [-0.2, -0.15) is 0 Å². The van der Waals surface area contributed by atoms with Crippen molar-refractivity contribution in [2.24, 2.45) is 0 Å². The highest BCUT2D eigenvalue weighted by Crippen LogP contribution is 2.13. The van der Waals surface area contributed by atoms with Gasteiger partial charge in [0.15, 0.2) is 0 Å². The number of carboxylic acid groups (broad SMARTS) is 1. The van der Waals surface area contributed by atoms with Crippen molar-refractivity contribution in [1.82, 2.24) is 10.6 Å². The third-order valence-corrected chi connectivity index (χ3v) is 4.03. The van der Waals surface area contributed by atoms with Crippen LogP contribution < -0.4 is 10.6 Å². The molecule has 0 aliphatic rings. The number of rotatable bonds is 9. The van der Waals surface area contributed by atoms with Crippen LogP contribution in [0.15, 0.2) is 24.3 Å². The van der Waals surface area contributed by atoms with Crippen LogP contribution in [-0.2, 0) is 15.3 Å². The highest BCUT2D eigenvalue weighted by molar-refractivity contribution is 7.99. The fourth-order valence-corrected chi connectivity index (χ4v) is 2.55. The molecule has 3 N–H and O–H groups in total. The third-order valence-electron chi connectivity index (χ3n) is 3.02. The summed E-state index contributed by atoms with van der Waals surface area (Å²) in [5, 5.41) is 14.2. The Labute approximate surface area is 140 Å². The van der Waals surface area contributed by atoms with Gasteiger partial charge in [0.1, 0.15) is 6.04 Å². The van der Waals surface area contributed by atoms with Gasteiger partial charge < -0.3 is 15.7 Å². The minimum absolute atomic E-state index is 0.186. The molecule has 2 amide bonds. The summed E-state index contributed by atoms with van der Waals surface area (Å²) in [6, 6.07) is 5.99. The first-order chi connectivity index (χ1) is 10.9. The van der Waals surface area contributed by atoms with E-state index in [0.717, 1.165) is 12.0 Å². The van der Waals surface area contributed by atoms with Gasteiger partial charge in [-0.05, 0) is 31.0 Å². The van der Waals surface area contributed by atoms with E-state index in [1.807, 2.05) is 6.92 Å². The summed E-state index contributed by atoms with van der Waals surface area (Å²) in [7, 11) is 0. The lowest BCUT2D eigenvalue weighted by molar-refractivity contribution is -0.127. The molecule has 6 nitrogen and oxygen atoms in total. The molecule has 23 heavy (non-hydrogen) atoms. The lowest BCUT2D eigenvalue weighted by Crippen LogP contribution is -2.45. The van der Waals surface area contributed by atoms with Crippen LogP contribution in [0.4, 0.5) is 0 Å². The Morgan fingerprint density at radius 1 is 1.22 bits per heavy atom. The molecule has 7 heteroatoms. The summed E-state index contributed by atoms with van der Waals surface area (Å²) in [6.07, 6.45) is 0.850. The molecule has 1 aromatic rings. The van der Waals surface area contributed by atoms with Crippen molar-refractivity contribution in [2.45, 2.75) is 32.1 Å². The Bertz CT molecular complexity index is 546. The van der Waals surface area contributed by atoms with E-state index < -0.39 is 12.0 Å². The second-order valence-electron chi connectivity index (χ2n) is 5.08. The van der Waals surface area contributed by atoms with Crippen LogP contribution in [0.5, 0.6) is 0 Å². The molecule has 0 aliphatic heterocycles. The molecule has 0 fully saturated rings. The summed E-state index contributed by atoms with van der Waals surface area (Å²) in [5.74, 6) is -0.500.